The molecule has 3 aromatic rings. The van der Waals surface area contributed by atoms with Crippen molar-refractivity contribution in [3.63, 3.8) is 0 Å². The van der Waals surface area contributed by atoms with Gasteiger partial charge in [-0.15, -0.1) is 0 Å². The van der Waals surface area contributed by atoms with Crippen molar-refractivity contribution in [3.8, 4) is 5.75 Å². The van der Waals surface area contributed by atoms with E-state index in [4.69, 9.17) is 0 Å². The number of aromatic hydroxyl groups is 1. The third-order valence-corrected chi connectivity index (χ3v) is 4.48. The Morgan fingerprint density at radius 1 is 0.957 bits per heavy atom. The molecule has 0 bridgehead atoms. The van der Waals surface area contributed by atoms with E-state index in [1.165, 1.54) is 0 Å². The quantitative estimate of drug-likeness (QED) is 0.710. The molecule has 0 unspecified atom stereocenters. The van der Waals surface area contributed by atoms with Gasteiger partial charge in [0, 0.05) is 18.2 Å². The summed E-state index contributed by atoms with van der Waals surface area (Å²) in [4.78, 5) is 4.59. The molecule has 2 atom stereocenters. The Bertz CT molecular complexity index is 901. The van der Waals surface area contributed by atoms with Crippen LogP contribution < -0.4 is 0 Å². The highest BCUT2D eigenvalue weighted by Crippen LogP contribution is 2.35. The number of aliphatic imine (C=N–C) groups is 1. The molecule has 0 spiro atoms. The van der Waals surface area contributed by atoms with Gasteiger partial charge in [-0.05, 0) is 28.0 Å². The molecule has 0 fully saturated rings. The van der Waals surface area contributed by atoms with Gasteiger partial charge in [-0.25, -0.2) is 0 Å². The number of rotatable bonds is 2. The summed E-state index contributed by atoms with van der Waals surface area (Å²) in [7, 11) is 0. The van der Waals surface area contributed by atoms with Crippen LogP contribution in [-0.2, 0) is 6.42 Å². The lowest BCUT2D eigenvalue weighted by molar-refractivity contribution is 0.159. The van der Waals surface area contributed by atoms with Crippen molar-refractivity contribution in [3.05, 3.63) is 77.4 Å². The lowest BCUT2D eigenvalue weighted by Gasteiger charge is -2.11. The fourth-order valence-corrected chi connectivity index (χ4v) is 3.31. The summed E-state index contributed by atoms with van der Waals surface area (Å²) >= 11 is 0. The molecule has 4 rings (SSSR count). The molecule has 0 saturated carbocycles. The summed E-state index contributed by atoms with van der Waals surface area (Å²) in [6, 6.07) is 19.2. The average molecular weight is 303 g/mol. The van der Waals surface area contributed by atoms with Crippen molar-refractivity contribution >= 4 is 17.0 Å². The molecule has 23 heavy (non-hydrogen) atoms. The van der Waals surface area contributed by atoms with Gasteiger partial charge in [-0.3, -0.25) is 4.99 Å². The van der Waals surface area contributed by atoms with E-state index in [9.17, 15) is 10.2 Å². The Morgan fingerprint density at radius 2 is 1.74 bits per heavy atom. The Hall–Kier alpha value is -2.65. The Kier molecular flexibility index (Phi) is 3.36. The topological polar surface area (TPSA) is 52.8 Å². The molecule has 0 heterocycles. The molecule has 0 aliphatic heterocycles. The van der Waals surface area contributed by atoms with Gasteiger partial charge in [-0.2, -0.15) is 0 Å². The molecule has 0 radical (unpaired) electrons. The molecule has 3 heteroatoms. The highest BCUT2D eigenvalue weighted by atomic mass is 16.3. The molecule has 1 aliphatic carbocycles. The first kappa shape index (κ1) is 14.0. The van der Waals surface area contributed by atoms with Crippen LogP contribution in [-0.4, -0.2) is 22.5 Å². The minimum Gasteiger partial charge on any atom is -0.507 e. The zero-order valence-electron chi connectivity index (χ0n) is 12.6. The van der Waals surface area contributed by atoms with Gasteiger partial charge in [-0.1, -0.05) is 54.6 Å². The average Bonchev–Trinajstić information content (AvgIpc) is 2.89. The summed E-state index contributed by atoms with van der Waals surface area (Å²) in [6.45, 7) is 0. The first-order valence-corrected chi connectivity index (χ1v) is 7.74. The normalized spacial score (nSPS) is 20.2. The predicted molar refractivity (Wildman–Crippen MR) is 92.1 cm³/mol. The molecule has 0 saturated heterocycles. The smallest absolute Gasteiger partial charge is 0.124 e. The standard InChI is InChI=1S/C20H17NO2/c22-18-10-9-13-5-1-3-7-15(13)17(18)12-21-20-16-8-4-2-6-14(16)11-19(20)23/h1-10,12,19-20,22-23H,11H2/t19-,20+/m0/s1. The van der Waals surface area contributed by atoms with Gasteiger partial charge >= 0.3 is 0 Å². The minimum absolute atomic E-state index is 0.202. The molecule has 3 nitrogen and oxygen atoms in total. The van der Waals surface area contributed by atoms with Crippen LogP contribution in [0.3, 0.4) is 0 Å². The van der Waals surface area contributed by atoms with Crippen LogP contribution in [0.5, 0.6) is 5.75 Å². The number of aliphatic hydroxyl groups excluding tert-OH is 1. The number of phenols is 1. The number of phenolic OH excluding ortho intramolecular Hbond substituents is 1. The first-order chi connectivity index (χ1) is 11.2. The second kappa shape index (κ2) is 5.52. The van der Waals surface area contributed by atoms with Crippen LogP contribution in [0, 0.1) is 0 Å². The maximum absolute atomic E-state index is 10.3. The summed E-state index contributed by atoms with van der Waals surface area (Å²) < 4.78 is 0. The maximum atomic E-state index is 10.3. The Labute approximate surface area is 134 Å². The largest absolute Gasteiger partial charge is 0.507 e. The van der Waals surface area contributed by atoms with Crippen molar-refractivity contribution in [2.45, 2.75) is 18.6 Å². The zero-order valence-corrected chi connectivity index (χ0v) is 12.6. The Morgan fingerprint density at radius 3 is 2.65 bits per heavy atom. The summed E-state index contributed by atoms with van der Waals surface area (Å²) in [5, 5.41) is 22.5. The van der Waals surface area contributed by atoms with E-state index >= 15 is 0 Å². The van der Waals surface area contributed by atoms with Crippen LogP contribution in [0.2, 0.25) is 0 Å². The summed E-state index contributed by atoms with van der Waals surface area (Å²) in [6.07, 6.45) is 1.80. The first-order valence-electron chi connectivity index (χ1n) is 7.74. The fraction of sp³-hybridized carbons (Fsp3) is 0.150. The van der Waals surface area contributed by atoms with E-state index in [2.05, 4.69) is 4.99 Å². The number of nitrogens with zero attached hydrogens (tertiary/aromatic N) is 1. The molecular weight excluding hydrogens is 286 g/mol. The highest BCUT2D eigenvalue weighted by Gasteiger charge is 2.29. The van der Waals surface area contributed by atoms with Crippen LogP contribution in [0.25, 0.3) is 10.8 Å². The van der Waals surface area contributed by atoms with E-state index in [0.29, 0.717) is 12.0 Å². The van der Waals surface area contributed by atoms with E-state index in [0.717, 1.165) is 21.9 Å². The molecule has 114 valence electrons. The third kappa shape index (κ3) is 2.39. The third-order valence-electron chi connectivity index (χ3n) is 4.48. The van der Waals surface area contributed by atoms with Crippen LogP contribution >= 0.6 is 0 Å². The van der Waals surface area contributed by atoms with Gasteiger partial charge in [0.25, 0.3) is 0 Å². The molecule has 0 aromatic heterocycles. The minimum atomic E-state index is -0.513. The molecule has 0 amide bonds. The van der Waals surface area contributed by atoms with Gasteiger partial charge < -0.3 is 10.2 Å². The molecular formula is C20H17NO2. The number of benzene rings is 3. The van der Waals surface area contributed by atoms with E-state index in [-0.39, 0.29) is 11.8 Å². The summed E-state index contributed by atoms with van der Waals surface area (Å²) in [5.41, 5.74) is 2.90. The monoisotopic (exact) mass is 303 g/mol. The predicted octanol–water partition coefficient (Wildman–Crippen LogP) is 3.62. The van der Waals surface area contributed by atoms with Crippen molar-refractivity contribution in [1.29, 1.82) is 0 Å². The van der Waals surface area contributed by atoms with Gasteiger partial charge in [0.2, 0.25) is 0 Å². The van der Waals surface area contributed by atoms with Crippen LogP contribution in [0.1, 0.15) is 22.7 Å². The SMILES string of the molecule is Oc1ccc2ccccc2c1C=N[C@@H]1c2ccccc2C[C@@H]1O. The molecule has 1 aliphatic rings. The van der Waals surface area contributed by atoms with Crippen molar-refractivity contribution in [2.24, 2.45) is 4.99 Å². The van der Waals surface area contributed by atoms with E-state index in [1.807, 2.05) is 54.6 Å². The van der Waals surface area contributed by atoms with Crippen molar-refractivity contribution in [2.75, 3.05) is 0 Å². The van der Waals surface area contributed by atoms with E-state index < -0.39 is 6.10 Å². The lowest BCUT2D eigenvalue weighted by Crippen LogP contribution is -2.11. The van der Waals surface area contributed by atoms with Crippen molar-refractivity contribution in [1.82, 2.24) is 0 Å². The second-order valence-electron chi connectivity index (χ2n) is 5.91. The van der Waals surface area contributed by atoms with E-state index in [1.54, 1.807) is 12.3 Å². The number of hydrogen-bond donors (Lipinski definition) is 2. The molecule has 2 N–H and O–H groups in total. The van der Waals surface area contributed by atoms with Crippen LogP contribution in [0.4, 0.5) is 0 Å². The van der Waals surface area contributed by atoms with Gasteiger partial charge in [0.05, 0.1) is 6.10 Å². The second-order valence-corrected chi connectivity index (χ2v) is 5.91. The maximum Gasteiger partial charge on any atom is 0.124 e. The van der Waals surface area contributed by atoms with Crippen molar-refractivity contribution < 1.29 is 10.2 Å². The fourth-order valence-electron chi connectivity index (χ4n) is 3.31. The zero-order chi connectivity index (χ0) is 15.8. The van der Waals surface area contributed by atoms with Gasteiger partial charge in [0.15, 0.2) is 0 Å². The highest BCUT2D eigenvalue weighted by molar-refractivity contribution is 6.02. The number of hydrogen-bond acceptors (Lipinski definition) is 3. The van der Waals surface area contributed by atoms with Crippen LogP contribution in [0.15, 0.2) is 65.7 Å². The Balaban J connectivity index is 1.77. The molecule has 3 aromatic carbocycles. The number of aliphatic hydroxyl groups is 1. The lowest BCUT2D eigenvalue weighted by atomic mass is 10.0. The van der Waals surface area contributed by atoms with Gasteiger partial charge in [0.1, 0.15) is 11.8 Å². The number of fused-ring (bicyclic) bond motifs is 2. The summed E-state index contributed by atoms with van der Waals surface area (Å²) in [5.74, 6) is 0.202.